The summed E-state index contributed by atoms with van der Waals surface area (Å²) in [5, 5.41) is 17.8. The molecule has 0 unspecified atom stereocenters. The van der Waals surface area contributed by atoms with Gasteiger partial charge in [0.2, 0.25) is 0 Å². The molecule has 1 aromatic rings. The summed E-state index contributed by atoms with van der Waals surface area (Å²) in [4.78, 5) is 27.8. The molecule has 1 atom stereocenters. The van der Waals surface area contributed by atoms with Crippen LogP contribution in [0.4, 0.5) is 4.79 Å². The zero-order valence-electron chi connectivity index (χ0n) is 9.09. The van der Waals surface area contributed by atoms with Gasteiger partial charge in [-0.3, -0.25) is 5.10 Å². The number of urea groups is 1. The number of aromatic nitrogens is 3. The van der Waals surface area contributed by atoms with Crippen LogP contribution in [-0.4, -0.2) is 49.8 Å². The second-order valence-electron chi connectivity index (χ2n) is 3.78. The van der Waals surface area contributed by atoms with Crippen molar-refractivity contribution in [1.82, 2.24) is 25.4 Å². The number of carbonyl (C=O) groups excluding carboxylic acids is 1. The molecule has 1 fully saturated rings. The number of hydrogen-bond donors (Lipinski definition) is 3. The van der Waals surface area contributed by atoms with Gasteiger partial charge in [0, 0.05) is 6.54 Å². The van der Waals surface area contributed by atoms with Gasteiger partial charge in [-0.2, -0.15) is 5.10 Å². The van der Waals surface area contributed by atoms with Gasteiger partial charge in [0.1, 0.15) is 18.2 Å². The highest BCUT2D eigenvalue weighted by molar-refractivity contribution is 5.83. The lowest BCUT2D eigenvalue weighted by Gasteiger charge is -2.21. The lowest BCUT2D eigenvalue weighted by molar-refractivity contribution is -0.141. The van der Waals surface area contributed by atoms with Crippen molar-refractivity contribution in [2.24, 2.45) is 0 Å². The van der Waals surface area contributed by atoms with Crippen molar-refractivity contribution in [3.8, 4) is 0 Å². The number of nitrogens with one attached hydrogen (secondary N) is 2. The summed E-state index contributed by atoms with van der Waals surface area (Å²) < 4.78 is 0. The van der Waals surface area contributed by atoms with Crippen molar-refractivity contribution in [3.05, 3.63) is 12.2 Å². The number of aliphatic carboxylic acids is 1. The van der Waals surface area contributed by atoms with E-state index in [2.05, 4.69) is 20.5 Å². The van der Waals surface area contributed by atoms with E-state index in [0.29, 0.717) is 25.2 Å². The number of rotatable bonds is 3. The number of aromatic amines is 1. The van der Waals surface area contributed by atoms with E-state index in [9.17, 15) is 9.59 Å². The predicted molar refractivity (Wildman–Crippen MR) is 56.0 cm³/mol. The summed E-state index contributed by atoms with van der Waals surface area (Å²) in [7, 11) is 0. The quantitative estimate of drug-likeness (QED) is 0.662. The topological polar surface area (TPSA) is 111 Å². The maximum absolute atomic E-state index is 11.7. The third kappa shape index (κ3) is 2.52. The van der Waals surface area contributed by atoms with E-state index in [4.69, 9.17) is 5.11 Å². The Hall–Kier alpha value is -2.12. The molecule has 92 valence electrons. The smallest absolute Gasteiger partial charge is 0.326 e. The van der Waals surface area contributed by atoms with Crippen molar-refractivity contribution in [2.45, 2.75) is 25.4 Å². The summed E-state index contributed by atoms with van der Waals surface area (Å²) in [5.74, 6) is -0.429. The maximum Gasteiger partial charge on any atom is 0.326 e. The number of hydrogen-bond acceptors (Lipinski definition) is 4. The van der Waals surface area contributed by atoms with Crippen molar-refractivity contribution >= 4 is 12.0 Å². The van der Waals surface area contributed by atoms with E-state index in [0.717, 1.165) is 0 Å². The number of likely N-dealkylation sites (tertiary alicyclic amines) is 1. The normalized spacial score (nSPS) is 19.3. The van der Waals surface area contributed by atoms with Crippen LogP contribution in [0.1, 0.15) is 18.7 Å². The molecule has 2 amide bonds. The van der Waals surface area contributed by atoms with Crippen LogP contribution in [0.2, 0.25) is 0 Å². The van der Waals surface area contributed by atoms with Crippen LogP contribution in [-0.2, 0) is 11.3 Å². The van der Waals surface area contributed by atoms with E-state index >= 15 is 0 Å². The molecule has 2 rings (SSSR count). The van der Waals surface area contributed by atoms with E-state index < -0.39 is 12.0 Å². The predicted octanol–water partition coefficient (Wildman–Crippen LogP) is -0.437. The first-order valence-electron chi connectivity index (χ1n) is 5.30. The summed E-state index contributed by atoms with van der Waals surface area (Å²) >= 11 is 0. The summed E-state index contributed by atoms with van der Waals surface area (Å²) in [5.41, 5.74) is 0. The van der Waals surface area contributed by atoms with Gasteiger partial charge in [-0.15, -0.1) is 0 Å². The molecule has 1 aromatic heterocycles. The summed E-state index contributed by atoms with van der Waals surface area (Å²) in [6.45, 7) is 0.681. The Morgan fingerprint density at radius 1 is 1.65 bits per heavy atom. The number of nitrogens with zero attached hydrogens (tertiary/aromatic N) is 3. The van der Waals surface area contributed by atoms with Crippen LogP contribution < -0.4 is 5.32 Å². The molecular formula is C9H13N5O3. The Bertz CT molecular complexity index is 405. The molecule has 8 nitrogen and oxygen atoms in total. The van der Waals surface area contributed by atoms with E-state index in [-0.39, 0.29) is 12.6 Å². The van der Waals surface area contributed by atoms with E-state index in [1.165, 1.54) is 11.2 Å². The monoisotopic (exact) mass is 239 g/mol. The lowest BCUT2D eigenvalue weighted by atomic mass is 10.2. The molecule has 1 aliphatic heterocycles. The maximum atomic E-state index is 11.7. The lowest BCUT2D eigenvalue weighted by Crippen LogP contribution is -2.45. The Morgan fingerprint density at radius 3 is 3.12 bits per heavy atom. The molecule has 0 bridgehead atoms. The van der Waals surface area contributed by atoms with Crippen molar-refractivity contribution in [1.29, 1.82) is 0 Å². The fourth-order valence-electron chi connectivity index (χ4n) is 1.84. The third-order valence-corrected chi connectivity index (χ3v) is 2.67. The number of carbonyl (C=O) groups is 2. The standard InChI is InChI=1S/C9H13N5O3/c15-8(16)6-2-1-3-14(6)9(17)10-4-7-11-5-12-13-7/h5-6H,1-4H2,(H,10,17)(H,15,16)(H,11,12,13)/t6-/m0/s1. The van der Waals surface area contributed by atoms with E-state index in [1.54, 1.807) is 0 Å². The molecule has 0 aromatic carbocycles. The number of carboxylic acid groups (broad SMARTS) is 1. The molecular weight excluding hydrogens is 226 g/mol. The molecule has 3 N–H and O–H groups in total. The molecule has 1 saturated heterocycles. The molecule has 2 heterocycles. The summed E-state index contributed by atoms with van der Waals surface area (Å²) in [6.07, 6.45) is 2.56. The highest BCUT2D eigenvalue weighted by Gasteiger charge is 2.33. The Morgan fingerprint density at radius 2 is 2.47 bits per heavy atom. The number of H-pyrrole nitrogens is 1. The highest BCUT2D eigenvalue weighted by Crippen LogP contribution is 2.17. The minimum Gasteiger partial charge on any atom is -0.480 e. The number of amides is 2. The molecule has 0 aliphatic carbocycles. The van der Waals surface area contributed by atoms with Gasteiger partial charge in [0.15, 0.2) is 0 Å². The van der Waals surface area contributed by atoms with Crippen LogP contribution in [0.25, 0.3) is 0 Å². The van der Waals surface area contributed by atoms with Gasteiger partial charge in [0.25, 0.3) is 0 Å². The van der Waals surface area contributed by atoms with Gasteiger partial charge < -0.3 is 15.3 Å². The van der Waals surface area contributed by atoms with Gasteiger partial charge in [0.05, 0.1) is 6.54 Å². The molecule has 0 saturated carbocycles. The average molecular weight is 239 g/mol. The van der Waals surface area contributed by atoms with Crippen LogP contribution in [0.15, 0.2) is 6.33 Å². The zero-order valence-corrected chi connectivity index (χ0v) is 9.09. The Labute approximate surface area is 97.0 Å². The van der Waals surface area contributed by atoms with Crippen molar-refractivity contribution in [3.63, 3.8) is 0 Å². The van der Waals surface area contributed by atoms with Gasteiger partial charge in [-0.1, -0.05) is 0 Å². The van der Waals surface area contributed by atoms with Gasteiger partial charge >= 0.3 is 12.0 Å². The first-order chi connectivity index (χ1) is 8.18. The third-order valence-electron chi connectivity index (χ3n) is 2.67. The Kier molecular flexibility index (Phi) is 3.22. The molecule has 0 spiro atoms. The minimum atomic E-state index is -0.961. The largest absolute Gasteiger partial charge is 0.480 e. The van der Waals surface area contributed by atoms with E-state index in [1.807, 2.05) is 0 Å². The fraction of sp³-hybridized carbons (Fsp3) is 0.556. The van der Waals surface area contributed by atoms with Gasteiger partial charge in [-0.25, -0.2) is 14.6 Å². The second-order valence-corrected chi connectivity index (χ2v) is 3.78. The molecule has 0 radical (unpaired) electrons. The average Bonchev–Trinajstić information content (AvgIpc) is 2.96. The van der Waals surface area contributed by atoms with Crippen LogP contribution in [0.5, 0.6) is 0 Å². The van der Waals surface area contributed by atoms with Crippen molar-refractivity contribution < 1.29 is 14.7 Å². The molecule has 8 heteroatoms. The summed E-state index contributed by atoms with van der Waals surface area (Å²) in [6, 6.07) is -1.10. The SMILES string of the molecule is O=C(O)[C@@H]1CCCN1C(=O)NCc1ncn[nH]1. The number of carboxylic acids is 1. The molecule has 1 aliphatic rings. The van der Waals surface area contributed by atoms with Crippen molar-refractivity contribution in [2.75, 3.05) is 6.54 Å². The van der Waals surface area contributed by atoms with Crippen LogP contribution in [0.3, 0.4) is 0 Å². The second kappa shape index (κ2) is 4.81. The van der Waals surface area contributed by atoms with Crippen LogP contribution >= 0.6 is 0 Å². The fourth-order valence-corrected chi connectivity index (χ4v) is 1.84. The highest BCUT2D eigenvalue weighted by atomic mass is 16.4. The zero-order chi connectivity index (χ0) is 12.3. The molecule has 17 heavy (non-hydrogen) atoms. The van der Waals surface area contributed by atoms with Crippen LogP contribution in [0, 0.1) is 0 Å². The first kappa shape index (κ1) is 11.4. The first-order valence-corrected chi connectivity index (χ1v) is 5.30. The Balaban J connectivity index is 1.89. The minimum absolute atomic E-state index is 0.210. The van der Waals surface area contributed by atoms with Gasteiger partial charge in [-0.05, 0) is 12.8 Å².